The minimum atomic E-state index is -5.08. The van der Waals surface area contributed by atoms with E-state index in [1.807, 2.05) is 0 Å². The molecule has 5 rings (SSSR count). The van der Waals surface area contributed by atoms with Crippen molar-refractivity contribution in [3.05, 3.63) is 102 Å². The average molecular weight is 1030 g/mol. The van der Waals surface area contributed by atoms with Crippen LogP contribution in [0.15, 0.2) is 85.1 Å². The largest absolute Gasteiger partial charge is 0.508 e. The fraction of sp³-hybridized carbons (Fsp3) is 0.383. The first kappa shape index (κ1) is 57.5. The highest BCUT2D eigenvalue weighted by Crippen LogP contribution is 2.22. The van der Waals surface area contributed by atoms with Gasteiger partial charge in [-0.05, 0) is 61.1 Å². The number of benzene rings is 3. The fourth-order valence-electron chi connectivity index (χ4n) is 7.60. The third kappa shape index (κ3) is 17.0. The standard InChI is InChI=1S/C45H55N9O12.C2HF3O2/c1-24(56)38(43(63)50-33(21-37(47)58)40(60)51-34(45(65)66)19-25-8-3-2-4-9-25)53-41(61)32(20-27-22-48-31-11-6-5-10-29(27)31)49-42(62)36-12-7-17-54(36)44(64)35(23-55)52-39(59)30(46)18-26-13-15-28(57)16-14-26;3-2(4,5)1(6)7/h2-6,8-11,13-16,22,24,30,32-36,38,48,55-57H,7,12,17-21,23,46H2,1H3,(H2,47,58)(H,49,62)(H,50,63)(H,51,60)(H,52,59)(H,53,61)(H,65,66);(H,6,7)/t24-,30+,32+,33+,34+,35+,36+,38+;/m1./s1. The summed E-state index contributed by atoms with van der Waals surface area (Å²) in [6, 6.07) is 11.2. The van der Waals surface area contributed by atoms with Crippen molar-refractivity contribution in [3.8, 4) is 5.75 Å². The van der Waals surface area contributed by atoms with Crippen LogP contribution in [-0.2, 0) is 62.4 Å². The number of aromatic amines is 1. The summed E-state index contributed by atoms with van der Waals surface area (Å²) >= 11 is 0. The molecule has 1 aliphatic heterocycles. The number of aliphatic hydroxyl groups is 2. The Morgan fingerprint density at radius 1 is 0.740 bits per heavy atom. The van der Waals surface area contributed by atoms with Gasteiger partial charge in [0.25, 0.3) is 0 Å². The number of hydrogen-bond donors (Lipinski definition) is 13. The molecule has 73 heavy (non-hydrogen) atoms. The SMILES string of the molecule is C[C@@H](O)[C@H](NC(=O)[C@H](Cc1c[nH]c2ccccc12)NC(=O)[C@@H]1CCCN1C(=O)[C@H](CO)NC(=O)[C@@H](N)Cc1ccc(O)cc1)C(=O)N[C@@H](CC(N)=O)C(=O)N[C@@H](Cc1ccccc1)C(=O)O.O=C(O)C(F)(F)F. The van der Waals surface area contributed by atoms with Crippen LogP contribution in [0, 0.1) is 0 Å². The van der Waals surface area contributed by atoms with Gasteiger partial charge in [0.05, 0.1) is 25.2 Å². The first-order chi connectivity index (χ1) is 34.4. The van der Waals surface area contributed by atoms with Gasteiger partial charge in [0.2, 0.25) is 41.4 Å². The lowest BCUT2D eigenvalue weighted by Crippen LogP contribution is -2.62. The molecule has 0 radical (unpaired) electrons. The molecule has 0 spiro atoms. The maximum Gasteiger partial charge on any atom is 0.490 e. The molecule has 15 N–H and O–H groups in total. The Morgan fingerprint density at radius 3 is 1.90 bits per heavy atom. The van der Waals surface area contributed by atoms with Gasteiger partial charge in [0.15, 0.2) is 0 Å². The van der Waals surface area contributed by atoms with Gasteiger partial charge < -0.3 is 73.5 Å². The Balaban J connectivity index is 0.00000153. The number of halogens is 3. The number of carbonyl (C=O) groups excluding carboxylic acids is 7. The number of carboxylic acids is 2. The van der Waals surface area contributed by atoms with Crippen molar-refractivity contribution in [3.63, 3.8) is 0 Å². The number of aliphatic hydroxyl groups excluding tert-OH is 2. The summed E-state index contributed by atoms with van der Waals surface area (Å²) in [5, 5.41) is 60.3. The number of aromatic hydroxyl groups is 1. The molecule has 2 heterocycles. The molecule has 0 saturated carbocycles. The lowest BCUT2D eigenvalue weighted by molar-refractivity contribution is -0.192. The molecule has 26 heteroatoms. The van der Waals surface area contributed by atoms with E-state index in [-0.39, 0.29) is 38.0 Å². The van der Waals surface area contributed by atoms with Crippen molar-refractivity contribution in [2.75, 3.05) is 13.2 Å². The van der Waals surface area contributed by atoms with Gasteiger partial charge in [-0.1, -0.05) is 60.7 Å². The molecule has 0 aliphatic carbocycles. The number of carboxylic acid groups (broad SMARTS) is 2. The van der Waals surface area contributed by atoms with Crippen LogP contribution < -0.4 is 38.1 Å². The maximum absolute atomic E-state index is 14.2. The lowest BCUT2D eigenvalue weighted by atomic mass is 10.0. The summed E-state index contributed by atoms with van der Waals surface area (Å²) in [4.78, 5) is 120. The van der Waals surface area contributed by atoms with E-state index in [1.165, 1.54) is 24.0 Å². The zero-order valence-electron chi connectivity index (χ0n) is 39.0. The molecule has 7 amide bonds. The number of phenolic OH excluding ortho intramolecular Hbond substituents is 1. The van der Waals surface area contributed by atoms with Crippen molar-refractivity contribution in [1.29, 1.82) is 0 Å². The second-order valence-corrected chi connectivity index (χ2v) is 16.9. The summed E-state index contributed by atoms with van der Waals surface area (Å²) in [6.07, 6.45) is -5.65. The number of para-hydroxylation sites is 1. The molecule has 394 valence electrons. The molecule has 3 aromatic carbocycles. The molecular weight excluding hydrogens is 972 g/mol. The number of nitrogens with one attached hydrogen (secondary N) is 6. The van der Waals surface area contributed by atoms with E-state index in [9.17, 15) is 72.0 Å². The monoisotopic (exact) mass is 1030 g/mol. The highest BCUT2D eigenvalue weighted by molar-refractivity contribution is 5.99. The van der Waals surface area contributed by atoms with Gasteiger partial charge in [0, 0.05) is 36.5 Å². The number of alkyl halides is 3. The first-order valence-corrected chi connectivity index (χ1v) is 22.4. The number of nitrogens with zero attached hydrogens (tertiary/aromatic N) is 1. The van der Waals surface area contributed by atoms with Gasteiger partial charge in [-0.25, -0.2) is 9.59 Å². The summed E-state index contributed by atoms with van der Waals surface area (Å²) in [5.41, 5.74) is 13.9. The number of likely N-dealkylation sites (tertiary alicyclic amines) is 1. The number of carbonyl (C=O) groups is 9. The van der Waals surface area contributed by atoms with Crippen LogP contribution in [-0.4, -0.2) is 156 Å². The second kappa shape index (κ2) is 26.4. The molecule has 0 bridgehead atoms. The number of aromatic nitrogens is 1. The third-order valence-corrected chi connectivity index (χ3v) is 11.3. The Hall–Kier alpha value is -8.10. The zero-order chi connectivity index (χ0) is 54.2. The predicted octanol–water partition coefficient (Wildman–Crippen LogP) is -1.39. The number of H-pyrrole nitrogens is 1. The van der Waals surface area contributed by atoms with Gasteiger partial charge in [-0.15, -0.1) is 0 Å². The molecule has 23 nitrogen and oxygen atoms in total. The lowest BCUT2D eigenvalue weighted by Gasteiger charge is -2.30. The van der Waals surface area contributed by atoms with Gasteiger partial charge in [0.1, 0.15) is 42.0 Å². The molecule has 4 aromatic rings. The number of rotatable bonds is 22. The van der Waals surface area contributed by atoms with E-state index in [0.717, 1.165) is 0 Å². The number of amides is 7. The number of nitrogens with two attached hydrogens (primary N) is 2. The minimum Gasteiger partial charge on any atom is -0.508 e. The van der Waals surface area contributed by atoms with Crippen LogP contribution in [0.3, 0.4) is 0 Å². The summed E-state index contributed by atoms with van der Waals surface area (Å²) in [6.45, 7) is 0.400. The van der Waals surface area contributed by atoms with E-state index in [1.54, 1.807) is 72.9 Å². The van der Waals surface area contributed by atoms with E-state index in [0.29, 0.717) is 34.0 Å². The van der Waals surface area contributed by atoms with Crippen LogP contribution in [0.4, 0.5) is 13.2 Å². The van der Waals surface area contributed by atoms with Crippen molar-refractivity contribution in [2.45, 2.75) is 100 Å². The number of primary amides is 1. The van der Waals surface area contributed by atoms with Crippen LogP contribution in [0.5, 0.6) is 5.75 Å². The van der Waals surface area contributed by atoms with Crippen LogP contribution in [0.2, 0.25) is 0 Å². The Labute approximate surface area is 413 Å². The van der Waals surface area contributed by atoms with E-state index in [4.69, 9.17) is 21.4 Å². The van der Waals surface area contributed by atoms with Gasteiger partial charge in [-0.3, -0.25) is 33.6 Å². The molecule has 1 saturated heterocycles. The van der Waals surface area contributed by atoms with Crippen LogP contribution in [0.1, 0.15) is 42.9 Å². The van der Waals surface area contributed by atoms with Crippen LogP contribution in [0.25, 0.3) is 10.9 Å². The zero-order valence-corrected chi connectivity index (χ0v) is 39.0. The van der Waals surface area contributed by atoms with Gasteiger partial charge >= 0.3 is 18.1 Å². The molecule has 0 unspecified atom stereocenters. The van der Waals surface area contributed by atoms with E-state index < -0.39 is 121 Å². The van der Waals surface area contributed by atoms with Crippen LogP contribution >= 0.6 is 0 Å². The van der Waals surface area contributed by atoms with Gasteiger partial charge in [-0.2, -0.15) is 13.2 Å². The third-order valence-electron chi connectivity index (χ3n) is 11.3. The molecule has 1 aliphatic rings. The smallest absolute Gasteiger partial charge is 0.490 e. The number of phenols is 1. The molecule has 1 aromatic heterocycles. The first-order valence-electron chi connectivity index (χ1n) is 22.4. The van der Waals surface area contributed by atoms with Crippen molar-refractivity contribution >= 4 is 64.2 Å². The summed E-state index contributed by atoms with van der Waals surface area (Å²) < 4.78 is 31.7. The number of hydrogen-bond acceptors (Lipinski definition) is 13. The average Bonchev–Trinajstić information content (AvgIpc) is 4.00. The van der Waals surface area contributed by atoms with Crippen molar-refractivity contribution in [1.82, 2.24) is 36.5 Å². The highest BCUT2D eigenvalue weighted by atomic mass is 19.4. The molecular formula is C47H56F3N9O14. The minimum absolute atomic E-state index is 0.0212. The second-order valence-electron chi connectivity index (χ2n) is 16.9. The summed E-state index contributed by atoms with van der Waals surface area (Å²) in [7, 11) is 0. The summed E-state index contributed by atoms with van der Waals surface area (Å²) in [5.74, 6) is -10.7. The fourth-order valence-corrected chi connectivity index (χ4v) is 7.60. The van der Waals surface area contributed by atoms with Crippen molar-refractivity contribution in [2.24, 2.45) is 11.5 Å². The van der Waals surface area contributed by atoms with Crippen molar-refractivity contribution < 1.29 is 81.9 Å². The number of aliphatic carboxylic acids is 2. The molecule has 8 atom stereocenters. The predicted molar refractivity (Wildman–Crippen MR) is 250 cm³/mol. The topological polar surface area (TPSA) is 386 Å². The maximum atomic E-state index is 14.2. The Morgan fingerprint density at radius 2 is 1.32 bits per heavy atom. The Bertz CT molecular complexity index is 2600. The number of fused-ring (bicyclic) bond motifs is 1. The normalized spacial score (nSPS) is 16.2. The van der Waals surface area contributed by atoms with E-state index in [2.05, 4.69) is 31.6 Å². The highest BCUT2D eigenvalue weighted by Gasteiger charge is 2.41. The van der Waals surface area contributed by atoms with E-state index >= 15 is 0 Å². The Kier molecular flexibility index (Phi) is 20.8. The quantitative estimate of drug-likeness (QED) is 0.0431. The molecule has 1 fully saturated rings.